The molecule has 1 heterocycles. The second-order valence-electron chi connectivity index (χ2n) is 6.43. The first-order valence-electron chi connectivity index (χ1n) is 8.26. The maximum absolute atomic E-state index is 12.5. The van der Waals surface area contributed by atoms with Crippen molar-refractivity contribution >= 4 is 18.3 Å². The summed E-state index contributed by atoms with van der Waals surface area (Å²) in [6.45, 7) is 5.24. The molecule has 1 aliphatic rings. The van der Waals surface area contributed by atoms with Gasteiger partial charge in [-0.15, -0.1) is 12.4 Å². The average Bonchev–Trinajstić information content (AvgIpc) is 3.15. The van der Waals surface area contributed by atoms with Crippen LogP contribution >= 0.6 is 12.4 Å². The van der Waals surface area contributed by atoms with Gasteiger partial charge in [0.05, 0.1) is 5.69 Å². The number of benzene rings is 1. The molecule has 0 saturated carbocycles. The Bertz CT molecular complexity index is 709. The van der Waals surface area contributed by atoms with Crippen LogP contribution in [0, 0.1) is 12.8 Å². The molecule has 0 bridgehead atoms. The summed E-state index contributed by atoms with van der Waals surface area (Å²) in [7, 11) is 0. The number of nitrogens with zero attached hydrogens (tertiary/aromatic N) is 2. The Hall–Kier alpha value is -1.85. The molecule has 0 spiro atoms. The largest absolute Gasteiger partial charge is 0.350 e. The molecule has 5 nitrogen and oxygen atoms in total. The lowest BCUT2D eigenvalue weighted by Gasteiger charge is -2.09. The van der Waals surface area contributed by atoms with Crippen molar-refractivity contribution in [3.8, 4) is 5.69 Å². The second-order valence-corrected chi connectivity index (χ2v) is 6.43. The lowest BCUT2D eigenvalue weighted by Crippen LogP contribution is -2.32. The van der Waals surface area contributed by atoms with Gasteiger partial charge in [0.15, 0.2) is 5.69 Å². The number of aromatic nitrogens is 2. The van der Waals surface area contributed by atoms with E-state index in [0.29, 0.717) is 18.8 Å². The van der Waals surface area contributed by atoms with Crippen LogP contribution in [0.5, 0.6) is 0 Å². The van der Waals surface area contributed by atoms with Crippen LogP contribution in [0.4, 0.5) is 0 Å². The molecule has 1 aromatic heterocycles. The van der Waals surface area contributed by atoms with Crippen LogP contribution in [0.25, 0.3) is 5.69 Å². The van der Waals surface area contributed by atoms with Gasteiger partial charge in [-0.05, 0) is 50.8 Å². The summed E-state index contributed by atoms with van der Waals surface area (Å²) in [5, 5.41) is 7.57. The predicted octanol–water partition coefficient (Wildman–Crippen LogP) is 2.42. The highest BCUT2D eigenvalue weighted by molar-refractivity contribution is 5.94. The molecule has 1 aromatic carbocycles. The molecule has 1 unspecified atom stereocenters. The van der Waals surface area contributed by atoms with Gasteiger partial charge >= 0.3 is 0 Å². The van der Waals surface area contributed by atoms with E-state index < -0.39 is 0 Å². The quantitative estimate of drug-likeness (QED) is 0.871. The Labute approximate surface area is 149 Å². The number of amides is 1. The highest BCUT2D eigenvalue weighted by atomic mass is 35.5. The second kappa shape index (κ2) is 7.81. The molecule has 130 valence electrons. The van der Waals surface area contributed by atoms with Crippen LogP contribution in [0.3, 0.4) is 0 Å². The highest BCUT2D eigenvalue weighted by Gasteiger charge is 2.26. The zero-order chi connectivity index (χ0) is 16.4. The average molecular weight is 349 g/mol. The summed E-state index contributed by atoms with van der Waals surface area (Å²) in [4.78, 5) is 12.5. The third-order valence-electron chi connectivity index (χ3n) is 4.44. The van der Waals surface area contributed by atoms with Crippen molar-refractivity contribution in [1.82, 2.24) is 15.1 Å². The molecule has 6 heteroatoms. The fourth-order valence-electron chi connectivity index (χ4n) is 2.95. The van der Waals surface area contributed by atoms with E-state index in [9.17, 15) is 4.79 Å². The summed E-state index contributed by atoms with van der Waals surface area (Å²) in [6.07, 6.45) is 2.98. The molecular formula is C18H25ClN4O. The third kappa shape index (κ3) is 3.62. The summed E-state index contributed by atoms with van der Waals surface area (Å²) in [6, 6.07) is 8.25. The number of hydrogen-bond donors (Lipinski definition) is 2. The van der Waals surface area contributed by atoms with Gasteiger partial charge in [-0.1, -0.05) is 24.6 Å². The number of halogens is 1. The van der Waals surface area contributed by atoms with E-state index in [4.69, 9.17) is 5.73 Å². The number of nitrogens with two attached hydrogens (primary N) is 1. The van der Waals surface area contributed by atoms with E-state index in [1.54, 1.807) is 0 Å². The molecule has 0 aliphatic heterocycles. The Morgan fingerprint density at radius 1 is 1.33 bits per heavy atom. The Morgan fingerprint density at radius 2 is 2.04 bits per heavy atom. The van der Waals surface area contributed by atoms with Gasteiger partial charge in [-0.3, -0.25) is 4.79 Å². The highest BCUT2D eigenvalue weighted by Crippen LogP contribution is 2.27. The molecule has 2 aromatic rings. The summed E-state index contributed by atoms with van der Waals surface area (Å²) >= 11 is 0. The lowest BCUT2D eigenvalue weighted by atomic mass is 10.1. The van der Waals surface area contributed by atoms with Crippen LogP contribution in [0.15, 0.2) is 24.3 Å². The van der Waals surface area contributed by atoms with Crippen LogP contribution < -0.4 is 11.1 Å². The standard InChI is InChI=1S/C18H24N4O.ClH/c1-12-6-8-14(9-7-12)22-16-5-3-4-15(16)17(21-22)18(23)20-11-13(2)10-19;/h6-9,13H,3-5,10-11,19H2,1-2H3,(H,20,23);1H. The van der Waals surface area contributed by atoms with E-state index in [0.717, 1.165) is 30.5 Å². The predicted molar refractivity (Wildman–Crippen MR) is 98.1 cm³/mol. The molecular weight excluding hydrogens is 324 g/mol. The Balaban J connectivity index is 0.00000208. The van der Waals surface area contributed by atoms with E-state index in [-0.39, 0.29) is 24.2 Å². The smallest absolute Gasteiger partial charge is 0.272 e. The maximum atomic E-state index is 12.5. The van der Waals surface area contributed by atoms with Crippen molar-refractivity contribution in [1.29, 1.82) is 0 Å². The fraction of sp³-hybridized carbons (Fsp3) is 0.444. The number of nitrogens with one attached hydrogen (secondary N) is 1. The zero-order valence-corrected chi connectivity index (χ0v) is 15.0. The van der Waals surface area contributed by atoms with Crippen molar-refractivity contribution in [3.05, 3.63) is 46.8 Å². The first kappa shape index (κ1) is 18.5. The lowest BCUT2D eigenvalue weighted by molar-refractivity contribution is 0.0942. The molecule has 1 amide bonds. The maximum Gasteiger partial charge on any atom is 0.272 e. The van der Waals surface area contributed by atoms with E-state index in [1.807, 2.05) is 11.6 Å². The number of aryl methyl sites for hydroxylation is 1. The monoisotopic (exact) mass is 348 g/mol. The number of fused-ring (bicyclic) bond motifs is 1. The van der Waals surface area contributed by atoms with E-state index in [2.05, 4.69) is 41.6 Å². The SMILES string of the molecule is Cc1ccc(-n2nc(C(=O)NCC(C)CN)c3c2CCC3)cc1.Cl. The fourth-order valence-corrected chi connectivity index (χ4v) is 2.95. The van der Waals surface area contributed by atoms with Gasteiger partial charge in [0.1, 0.15) is 0 Å². The molecule has 0 fully saturated rings. The first-order valence-corrected chi connectivity index (χ1v) is 8.26. The zero-order valence-electron chi connectivity index (χ0n) is 14.2. The van der Waals surface area contributed by atoms with Crippen LogP contribution in [0.2, 0.25) is 0 Å². The van der Waals surface area contributed by atoms with E-state index in [1.165, 1.54) is 11.3 Å². The van der Waals surface area contributed by atoms with Gasteiger partial charge < -0.3 is 11.1 Å². The molecule has 1 aliphatic carbocycles. The molecule has 0 radical (unpaired) electrons. The van der Waals surface area contributed by atoms with Gasteiger partial charge in [0, 0.05) is 17.8 Å². The number of rotatable bonds is 5. The molecule has 3 rings (SSSR count). The number of carbonyl (C=O) groups excluding carboxylic acids is 1. The molecule has 1 atom stereocenters. The van der Waals surface area contributed by atoms with Gasteiger partial charge in [0.2, 0.25) is 0 Å². The minimum absolute atomic E-state index is 0. The van der Waals surface area contributed by atoms with Gasteiger partial charge in [-0.25, -0.2) is 4.68 Å². The van der Waals surface area contributed by atoms with Crippen molar-refractivity contribution in [3.63, 3.8) is 0 Å². The summed E-state index contributed by atoms with van der Waals surface area (Å²) < 4.78 is 1.93. The van der Waals surface area contributed by atoms with Crippen molar-refractivity contribution in [2.24, 2.45) is 11.7 Å². The summed E-state index contributed by atoms with van der Waals surface area (Å²) in [5.74, 6) is 0.181. The summed E-state index contributed by atoms with van der Waals surface area (Å²) in [5.41, 5.74) is 10.7. The van der Waals surface area contributed by atoms with Crippen molar-refractivity contribution < 1.29 is 4.79 Å². The Morgan fingerprint density at radius 3 is 2.71 bits per heavy atom. The third-order valence-corrected chi connectivity index (χ3v) is 4.44. The molecule has 24 heavy (non-hydrogen) atoms. The number of carbonyl (C=O) groups is 1. The van der Waals surface area contributed by atoms with Gasteiger partial charge in [-0.2, -0.15) is 5.10 Å². The number of hydrogen-bond acceptors (Lipinski definition) is 3. The van der Waals surface area contributed by atoms with Crippen LogP contribution in [-0.4, -0.2) is 28.8 Å². The van der Waals surface area contributed by atoms with Crippen LogP contribution in [0.1, 0.15) is 40.7 Å². The normalized spacial score (nSPS) is 14.0. The van der Waals surface area contributed by atoms with Gasteiger partial charge in [0.25, 0.3) is 5.91 Å². The minimum Gasteiger partial charge on any atom is -0.350 e. The van der Waals surface area contributed by atoms with E-state index >= 15 is 0 Å². The molecule has 3 N–H and O–H groups in total. The van der Waals surface area contributed by atoms with Crippen LogP contribution in [-0.2, 0) is 12.8 Å². The topological polar surface area (TPSA) is 72.9 Å². The Kier molecular flexibility index (Phi) is 6.02. The molecule has 0 saturated heterocycles. The minimum atomic E-state index is -0.0886. The first-order chi connectivity index (χ1) is 11.1. The van der Waals surface area contributed by atoms with Crippen molar-refractivity contribution in [2.75, 3.05) is 13.1 Å². The van der Waals surface area contributed by atoms with Crippen molar-refractivity contribution in [2.45, 2.75) is 33.1 Å².